The van der Waals surface area contributed by atoms with E-state index in [2.05, 4.69) is 0 Å². The van der Waals surface area contributed by atoms with E-state index in [9.17, 15) is 18.0 Å². The summed E-state index contributed by atoms with van der Waals surface area (Å²) in [6.07, 6.45) is -3.87. The summed E-state index contributed by atoms with van der Waals surface area (Å²) in [4.78, 5) is 12.8. The molecule has 0 aliphatic heterocycles. The van der Waals surface area contributed by atoms with Crippen molar-refractivity contribution in [3.05, 3.63) is 0 Å². The Bertz CT molecular complexity index is 209. The topological polar surface area (TPSA) is 52.6 Å². The molecule has 4 nitrogen and oxygen atoms in total. The van der Waals surface area contributed by atoms with Crippen LogP contribution in [0.2, 0.25) is 0 Å². The predicted octanol–water partition coefficient (Wildman–Crippen LogP) is 0.369. The number of aliphatic hydroxyl groups is 1. The van der Waals surface area contributed by atoms with E-state index >= 15 is 0 Å². The molecule has 0 aromatic heterocycles. The van der Waals surface area contributed by atoms with E-state index in [0.717, 1.165) is 0 Å². The second-order valence-corrected chi connectivity index (χ2v) is 3.27. The van der Waals surface area contributed by atoms with Crippen molar-refractivity contribution in [2.75, 3.05) is 32.8 Å². The fraction of sp³-hybridized carbons (Fsp3) is 0.889. The zero-order valence-electron chi connectivity index (χ0n) is 9.18. The molecule has 0 saturated carbocycles. The predicted molar refractivity (Wildman–Crippen MR) is 52.9 cm³/mol. The molecule has 0 bridgehead atoms. The zero-order valence-corrected chi connectivity index (χ0v) is 9.18. The van der Waals surface area contributed by atoms with Gasteiger partial charge in [0.2, 0.25) is 5.91 Å². The lowest BCUT2D eigenvalue weighted by Gasteiger charge is -2.20. The summed E-state index contributed by atoms with van der Waals surface area (Å²) in [6.45, 7) is 0.972. The van der Waals surface area contributed by atoms with Gasteiger partial charge in [-0.05, 0) is 13.3 Å². The summed E-state index contributed by atoms with van der Waals surface area (Å²) in [6, 6.07) is 0. The van der Waals surface area contributed by atoms with Gasteiger partial charge in [0.1, 0.15) is 0 Å². The van der Waals surface area contributed by atoms with Gasteiger partial charge in [0.05, 0.1) is 13.1 Å². The molecule has 96 valence electrons. The van der Waals surface area contributed by atoms with E-state index in [-0.39, 0.29) is 19.1 Å². The minimum absolute atomic E-state index is 0.0419. The van der Waals surface area contributed by atoms with Crippen LogP contribution in [-0.2, 0) is 4.79 Å². The summed E-state index contributed by atoms with van der Waals surface area (Å²) in [5.41, 5.74) is 0. The van der Waals surface area contributed by atoms with Crippen molar-refractivity contribution in [3.8, 4) is 0 Å². The standard InChI is InChI=1S/C9H17F3N2O2/c1-2-14(4-3-5-15)8(16)6-13-7-9(10,11)12/h13,15H,2-7H2,1H3. The molecule has 16 heavy (non-hydrogen) atoms. The first-order valence-electron chi connectivity index (χ1n) is 5.06. The van der Waals surface area contributed by atoms with Gasteiger partial charge in [-0.25, -0.2) is 0 Å². The number of likely N-dealkylation sites (N-methyl/N-ethyl adjacent to an activating group) is 1. The van der Waals surface area contributed by atoms with Crippen molar-refractivity contribution in [2.24, 2.45) is 0 Å². The van der Waals surface area contributed by atoms with Gasteiger partial charge in [0.15, 0.2) is 0 Å². The lowest BCUT2D eigenvalue weighted by atomic mass is 10.3. The van der Waals surface area contributed by atoms with E-state index in [0.29, 0.717) is 19.5 Å². The van der Waals surface area contributed by atoms with Crippen molar-refractivity contribution in [1.82, 2.24) is 10.2 Å². The molecule has 7 heteroatoms. The molecule has 0 radical (unpaired) electrons. The lowest BCUT2D eigenvalue weighted by Crippen LogP contribution is -2.41. The van der Waals surface area contributed by atoms with Crippen molar-refractivity contribution >= 4 is 5.91 Å². The van der Waals surface area contributed by atoms with Crippen LogP contribution in [0.1, 0.15) is 13.3 Å². The Morgan fingerprint density at radius 2 is 2.06 bits per heavy atom. The Kier molecular flexibility index (Phi) is 7.07. The zero-order chi connectivity index (χ0) is 12.6. The van der Waals surface area contributed by atoms with Crippen LogP contribution in [0, 0.1) is 0 Å². The molecule has 0 aliphatic rings. The van der Waals surface area contributed by atoms with Crippen LogP contribution in [-0.4, -0.2) is 54.9 Å². The summed E-state index contributed by atoms with van der Waals surface area (Å²) in [7, 11) is 0. The van der Waals surface area contributed by atoms with Gasteiger partial charge in [0, 0.05) is 19.7 Å². The van der Waals surface area contributed by atoms with E-state index in [1.54, 1.807) is 6.92 Å². The van der Waals surface area contributed by atoms with Gasteiger partial charge in [-0.15, -0.1) is 0 Å². The summed E-state index contributed by atoms with van der Waals surface area (Å²) in [5, 5.41) is 10.6. The molecule has 0 heterocycles. The monoisotopic (exact) mass is 242 g/mol. The van der Waals surface area contributed by atoms with Crippen LogP contribution >= 0.6 is 0 Å². The minimum Gasteiger partial charge on any atom is -0.396 e. The Morgan fingerprint density at radius 3 is 2.50 bits per heavy atom. The molecule has 0 aromatic carbocycles. The number of carbonyl (C=O) groups excluding carboxylic acids is 1. The Hall–Kier alpha value is -0.820. The third-order valence-corrected chi connectivity index (χ3v) is 1.92. The molecular weight excluding hydrogens is 225 g/mol. The van der Waals surface area contributed by atoms with Crippen LogP contribution < -0.4 is 5.32 Å². The highest BCUT2D eigenvalue weighted by Crippen LogP contribution is 2.11. The number of halogens is 3. The summed E-state index contributed by atoms with van der Waals surface area (Å²) >= 11 is 0. The highest BCUT2D eigenvalue weighted by Gasteiger charge is 2.26. The van der Waals surface area contributed by atoms with E-state index in [1.807, 2.05) is 5.32 Å². The second kappa shape index (κ2) is 7.45. The van der Waals surface area contributed by atoms with Crippen LogP contribution in [0.25, 0.3) is 0 Å². The number of carbonyl (C=O) groups is 1. The van der Waals surface area contributed by atoms with E-state index in [1.165, 1.54) is 4.90 Å². The number of aliphatic hydroxyl groups excluding tert-OH is 1. The first-order chi connectivity index (χ1) is 7.40. The third kappa shape index (κ3) is 7.47. The number of nitrogens with one attached hydrogen (secondary N) is 1. The molecule has 2 N–H and O–H groups in total. The smallest absolute Gasteiger partial charge is 0.396 e. The van der Waals surface area contributed by atoms with Crippen molar-refractivity contribution in [1.29, 1.82) is 0 Å². The van der Waals surface area contributed by atoms with Gasteiger partial charge in [-0.3, -0.25) is 4.79 Å². The van der Waals surface area contributed by atoms with E-state index in [4.69, 9.17) is 5.11 Å². The molecule has 0 atom stereocenters. The first kappa shape index (κ1) is 15.2. The number of rotatable bonds is 7. The van der Waals surface area contributed by atoms with Gasteiger partial charge in [0.25, 0.3) is 0 Å². The maximum Gasteiger partial charge on any atom is 0.401 e. The van der Waals surface area contributed by atoms with Gasteiger partial charge in [-0.1, -0.05) is 0 Å². The largest absolute Gasteiger partial charge is 0.401 e. The first-order valence-corrected chi connectivity index (χ1v) is 5.06. The second-order valence-electron chi connectivity index (χ2n) is 3.27. The fourth-order valence-corrected chi connectivity index (χ4v) is 1.14. The SMILES string of the molecule is CCN(CCCO)C(=O)CNCC(F)(F)F. The van der Waals surface area contributed by atoms with E-state index < -0.39 is 12.7 Å². The molecule has 0 rings (SSSR count). The fourth-order valence-electron chi connectivity index (χ4n) is 1.14. The maximum atomic E-state index is 11.8. The van der Waals surface area contributed by atoms with Gasteiger partial charge >= 0.3 is 6.18 Å². The molecule has 0 spiro atoms. The van der Waals surface area contributed by atoms with Crippen LogP contribution in [0.15, 0.2) is 0 Å². The quantitative estimate of drug-likeness (QED) is 0.678. The highest BCUT2D eigenvalue weighted by atomic mass is 19.4. The van der Waals surface area contributed by atoms with Crippen molar-refractivity contribution in [3.63, 3.8) is 0 Å². The number of hydrogen-bond donors (Lipinski definition) is 2. The molecule has 0 fully saturated rings. The average molecular weight is 242 g/mol. The van der Waals surface area contributed by atoms with Crippen LogP contribution in [0.3, 0.4) is 0 Å². The number of nitrogens with zero attached hydrogens (tertiary/aromatic N) is 1. The number of amides is 1. The number of hydrogen-bond acceptors (Lipinski definition) is 3. The Labute approximate surface area is 92.4 Å². The molecule has 1 amide bonds. The summed E-state index contributed by atoms with van der Waals surface area (Å²) in [5.74, 6) is -0.389. The van der Waals surface area contributed by atoms with Crippen molar-refractivity contribution in [2.45, 2.75) is 19.5 Å². The van der Waals surface area contributed by atoms with Crippen LogP contribution in [0.4, 0.5) is 13.2 Å². The molecular formula is C9H17F3N2O2. The normalized spacial score (nSPS) is 11.6. The molecule has 0 unspecified atom stereocenters. The molecule has 0 saturated heterocycles. The lowest BCUT2D eigenvalue weighted by molar-refractivity contribution is -0.134. The number of alkyl halides is 3. The molecule has 0 aliphatic carbocycles. The third-order valence-electron chi connectivity index (χ3n) is 1.92. The highest BCUT2D eigenvalue weighted by molar-refractivity contribution is 5.78. The maximum absolute atomic E-state index is 11.8. The molecule has 0 aromatic rings. The minimum atomic E-state index is -4.30. The Balaban J connectivity index is 3.84. The van der Waals surface area contributed by atoms with Crippen LogP contribution in [0.5, 0.6) is 0 Å². The van der Waals surface area contributed by atoms with Crippen molar-refractivity contribution < 1.29 is 23.1 Å². The van der Waals surface area contributed by atoms with Gasteiger partial charge in [-0.2, -0.15) is 13.2 Å². The average Bonchev–Trinajstić information content (AvgIpc) is 2.17. The summed E-state index contributed by atoms with van der Waals surface area (Å²) < 4.78 is 35.3. The Morgan fingerprint density at radius 1 is 1.44 bits per heavy atom. The van der Waals surface area contributed by atoms with Gasteiger partial charge < -0.3 is 15.3 Å².